The fourth-order valence-electron chi connectivity index (χ4n) is 2.72. The van der Waals surface area contributed by atoms with E-state index in [-0.39, 0.29) is 17.9 Å². The van der Waals surface area contributed by atoms with Crippen molar-refractivity contribution in [3.63, 3.8) is 0 Å². The Morgan fingerprint density at radius 2 is 1.58 bits per heavy atom. The second-order valence-corrected chi connectivity index (χ2v) is 7.58. The molecular weight excluding hydrogens is 370 g/mol. The smallest absolute Gasteiger partial charge is 0.268 e. The molecular formula is C20H18ClNO3S. The molecule has 4 nitrogen and oxygen atoms in total. The summed E-state index contributed by atoms with van der Waals surface area (Å²) in [5.41, 5.74) is 1.12. The van der Waals surface area contributed by atoms with Gasteiger partial charge in [-0.05, 0) is 55.8 Å². The van der Waals surface area contributed by atoms with Crippen molar-refractivity contribution in [2.45, 2.75) is 24.8 Å². The van der Waals surface area contributed by atoms with Gasteiger partial charge in [-0.25, -0.2) is 0 Å². The molecule has 0 radical (unpaired) electrons. The third kappa shape index (κ3) is 3.50. The first kappa shape index (κ1) is 18.5. The molecule has 0 fully saturated rings. The van der Waals surface area contributed by atoms with E-state index in [1.165, 1.54) is 16.7 Å². The van der Waals surface area contributed by atoms with Gasteiger partial charge < -0.3 is 4.74 Å². The van der Waals surface area contributed by atoms with E-state index >= 15 is 0 Å². The number of hydrogen-bond donors (Lipinski definition) is 0. The number of rotatable bonds is 5. The minimum absolute atomic E-state index is 0.216. The predicted octanol–water partition coefficient (Wildman–Crippen LogP) is 4.63. The van der Waals surface area contributed by atoms with Gasteiger partial charge in [0.15, 0.2) is 0 Å². The molecule has 0 saturated heterocycles. The maximum Gasteiger partial charge on any atom is 0.268 e. The van der Waals surface area contributed by atoms with Gasteiger partial charge in [0.25, 0.3) is 11.8 Å². The number of methoxy groups -OCH3 is 1. The van der Waals surface area contributed by atoms with Gasteiger partial charge in [-0.1, -0.05) is 35.5 Å². The van der Waals surface area contributed by atoms with E-state index in [9.17, 15) is 9.59 Å². The highest BCUT2D eigenvalue weighted by Crippen LogP contribution is 2.40. The normalized spacial score (nSPS) is 14.6. The van der Waals surface area contributed by atoms with Gasteiger partial charge in [-0.2, -0.15) is 0 Å². The number of halogens is 1. The molecule has 0 N–H and O–H groups in total. The van der Waals surface area contributed by atoms with Crippen molar-refractivity contribution in [3.05, 3.63) is 64.0 Å². The molecule has 0 atom stereocenters. The van der Waals surface area contributed by atoms with Gasteiger partial charge in [0.2, 0.25) is 0 Å². The first-order valence-corrected chi connectivity index (χ1v) is 9.32. The van der Waals surface area contributed by atoms with Crippen LogP contribution in [0.25, 0.3) is 5.57 Å². The van der Waals surface area contributed by atoms with Crippen LogP contribution in [0.5, 0.6) is 5.75 Å². The Morgan fingerprint density at radius 1 is 0.962 bits per heavy atom. The van der Waals surface area contributed by atoms with Gasteiger partial charge in [-0.3, -0.25) is 14.5 Å². The number of nitrogens with zero attached hydrogens (tertiary/aromatic N) is 1. The summed E-state index contributed by atoms with van der Waals surface area (Å²) < 4.78 is 5.18. The minimum atomic E-state index is -0.272. The maximum absolute atomic E-state index is 12.9. The van der Waals surface area contributed by atoms with Crippen LogP contribution in [-0.2, 0) is 9.59 Å². The van der Waals surface area contributed by atoms with Crippen LogP contribution in [-0.4, -0.2) is 29.9 Å². The predicted molar refractivity (Wildman–Crippen MR) is 104 cm³/mol. The zero-order valence-corrected chi connectivity index (χ0v) is 16.2. The van der Waals surface area contributed by atoms with Gasteiger partial charge in [0, 0.05) is 16.0 Å². The Hall–Kier alpha value is -2.24. The molecule has 2 aromatic carbocycles. The van der Waals surface area contributed by atoms with E-state index in [0.29, 0.717) is 26.8 Å². The fraction of sp³-hybridized carbons (Fsp3) is 0.200. The van der Waals surface area contributed by atoms with Crippen LogP contribution in [0.4, 0.5) is 0 Å². The first-order chi connectivity index (χ1) is 12.4. The SMILES string of the molecule is COc1ccc(C2=C(Sc3ccc(Cl)cc3)C(=O)N(C(C)C)C2=O)cc1. The molecule has 0 bridgehead atoms. The summed E-state index contributed by atoms with van der Waals surface area (Å²) in [4.78, 5) is 28.4. The lowest BCUT2D eigenvalue weighted by atomic mass is 10.1. The third-order valence-corrected chi connectivity index (χ3v) is 5.34. The maximum atomic E-state index is 12.9. The minimum Gasteiger partial charge on any atom is -0.497 e. The van der Waals surface area contributed by atoms with Crippen molar-refractivity contribution >= 4 is 40.8 Å². The van der Waals surface area contributed by atoms with Crippen molar-refractivity contribution in [2.24, 2.45) is 0 Å². The largest absolute Gasteiger partial charge is 0.497 e. The van der Waals surface area contributed by atoms with Crippen molar-refractivity contribution in [3.8, 4) is 5.75 Å². The zero-order chi connectivity index (χ0) is 18.8. The summed E-state index contributed by atoms with van der Waals surface area (Å²) in [5, 5.41) is 0.622. The van der Waals surface area contributed by atoms with Crippen molar-refractivity contribution in [2.75, 3.05) is 7.11 Å². The highest BCUT2D eigenvalue weighted by Gasteiger charge is 2.40. The third-order valence-electron chi connectivity index (χ3n) is 4.00. The number of thioether (sulfide) groups is 1. The highest BCUT2D eigenvalue weighted by atomic mass is 35.5. The van der Waals surface area contributed by atoms with E-state index in [4.69, 9.17) is 16.3 Å². The van der Waals surface area contributed by atoms with Crippen LogP contribution in [0.15, 0.2) is 58.3 Å². The quantitative estimate of drug-likeness (QED) is 0.702. The van der Waals surface area contributed by atoms with E-state index in [2.05, 4.69) is 0 Å². The summed E-state index contributed by atoms with van der Waals surface area (Å²) >= 11 is 7.22. The summed E-state index contributed by atoms with van der Waals surface area (Å²) in [5.74, 6) is 0.154. The van der Waals surface area contributed by atoms with Gasteiger partial charge >= 0.3 is 0 Å². The van der Waals surface area contributed by atoms with Crippen molar-refractivity contribution in [1.29, 1.82) is 0 Å². The molecule has 0 aromatic heterocycles. The summed E-state index contributed by atoms with van der Waals surface area (Å²) in [6, 6.07) is 14.1. The molecule has 0 unspecified atom stereocenters. The Morgan fingerprint density at radius 3 is 2.12 bits per heavy atom. The van der Waals surface area contributed by atoms with Gasteiger partial charge in [0.1, 0.15) is 5.75 Å². The summed E-state index contributed by atoms with van der Waals surface area (Å²) in [7, 11) is 1.58. The topological polar surface area (TPSA) is 46.6 Å². The first-order valence-electron chi connectivity index (χ1n) is 8.12. The Bertz CT molecular complexity index is 873. The Kier molecular flexibility index (Phi) is 5.39. The molecule has 0 spiro atoms. The van der Waals surface area contributed by atoms with Crippen LogP contribution in [0.1, 0.15) is 19.4 Å². The van der Waals surface area contributed by atoms with Crippen molar-refractivity contribution < 1.29 is 14.3 Å². The van der Waals surface area contributed by atoms with E-state index in [1.807, 2.05) is 26.0 Å². The van der Waals surface area contributed by atoms with E-state index in [0.717, 1.165) is 4.90 Å². The molecule has 26 heavy (non-hydrogen) atoms. The molecule has 1 aliphatic heterocycles. The van der Waals surface area contributed by atoms with E-state index in [1.54, 1.807) is 43.5 Å². The van der Waals surface area contributed by atoms with Gasteiger partial charge in [0.05, 0.1) is 17.6 Å². The standard InChI is InChI=1S/C20H18ClNO3S/c1-12(2)22-19(23)17(13-4-8-15(25-3)9-5-13)18(20(22)24)26-16-10-6-14(21)7-11-16/h4-12H,1-3H3. The number of benzene rings is 2. The molecule has 0 aliphatic carbocycles. The molecule has 2 aromatic rings. The summed E-state index contributed by atoms with van der Waals surface area (Å²) in [6.45, 7) is 3.66. The van der Waals surface area contributed by atoms with Crippen LogP contribution in [0, 0.1) is 0 Å². The monoisotopic (exact) mass is 387 g/mol. The number of hydrogen-bond acceptors (Lipinski definition) is 4. The summed E-state index contributed by atoms with van der Waals surface area (Å²) in [6.07, 6.45) is 0. The average molecular weight is 388 g/mol. The zero-order valence-electron chi connectivity index (χ0n) is 14.7. The van der Waals surface area contributed by atoms with Crippen LogP contribution < -0.4 is 4.74 Å². The number of carbonyl (C=O) groups excluding carboxylic acids is 2. The lowest BCUT2D eigenvalue weighted by Crippen LogP contribution is -2.37. The van der Waals surface area contributed by atoms with E-state index < -0.39 is 0 Å². The molecule has 1 heterocycles. The van der Waals surface area contributed by atoms with Crippen LogP contribution >= 0.6 is 23.4 Å². The Labute approximate surface area is 161 Å². The molecule has 0 saturated carbocycles. The number of carbonyl (C=O) groups is 2. The van der Waals surface area contributed by atoms with Crippen LogP contribution in [0.2, 0.25) is 5.02 Å². The molecule has 134 valence electrons. The lowest BCUT2D eigenvalue weighted by molar-refractivity contribution is -0.138. The Balaban J connectivity index is 2.07. The van der Waals surface area contributed by atoms with Crippen LogP contribution in [0.3, 0.4) is 0 Å². The molecule has 1 aliphatic rings. The molecule has 2 amide bonds. The molecule has 3 rings (SSSR count). The lowest BCUT2D eigenvalue weighted by Gasteiger charge is -2.19. The number of ether oxygens (including phenoxy) is 1. The molecule has 6 heteroatoms. The van der Waals surface area contributed by atoms with Gasteiger partial charge in [-0.15, -0.1) is 0 Å². The second-order valence-electron chi connectivity index (χ2n) is 6.06. The second kappa shape index (κ2) is 7.56. The number of imide groups is 1. The average Bonchev–Trinajstić information content (AvgIpc) is 2.87. The van der Waals surface area contributed by atoms with Crippen molar-refractivity contribution in [1.82, 2.24) is 4.90 Å². The number of amides is 2. The highest BCUT2D eigenvalue weighted by molar-refractivity contribution is 8.04. The fourth-order valence-corrected chi connectivity index (χ4v) is 3.85.